The van der Waals surface area contributed by atoms with E-state index in [0.717, 1.165) is 49.0 Å². The van der Waals surface area contributed by atoms with Gasteiger partial charge in [-0.2, -0.15) is 0 Å². The van der Waals surface area contributed by atoms with Crippen molar-refractivity contribution >= 4 is 5.82 Å². The predicted octanol–water partition coefficient (Wildman–Crippen LogP) is 2.65. The summed E-state index contributed by atoms with van der Waals surface area (Å²) in [5, 5.41) is 3.33. The summed E-state index contributed by atoms with van der Waals surface area (Å²) in [5.41, 5.74) is 0.879. The van der Waals surface area contributed by atoms with Crippen LogP contribution in [0.25, 0.3) is 11.5 Å². The van der Waals surface area contributed by atoms with Crippen molar-refractivity contribution in [3.63, 3.8) is 0 Å². The molecule has 2 aromatic rings. The van der Waals surface area contributed by atoms with E-state index in [-0.39, 0.29) is 0 Å². The van der Waals surface area contributed by atoms with Crippen LogP contribution in [0.3, 0.4) is 0 Å². The zero-order valence-corrected chi connectivity index (χ0v) is 11.8. The number of hydrogen-bond donors (Lipinski definition) is 1. The summed E-state index contributed by atoms with van der Waals surface area (Å²) in [4.78, 5) is 13.5. The van der Waals surface area contributed by atoms with Crippen molar-refractivity contribution in [1.82, 2.24) is 19.5 Å². The number of hydrogen-bond acceptors (Lipinski definition) is 4. The van der Waals surface area contributed by atoms with Crippen LogP contribution in [-0.4, -0.2) is 26.1 Å². The van der Waals surface area contributed by atoms with E-state index in [0.29, 0.717) is 0 Å². The number of aryl methyl sites for hydroxylation is 2. The van der Waals surface area contributed by atoms with Crippen molar-refractivity contribution < 1.29 is 0 Å². The number of imidazole rings is 1. The molecule has 0 radical (unpaired) electrons. The van der Waals surface area contributed by atoms with Crippen molar-refractivity contribution in [2.24, 2.45) is 7.05 Å². The van der Waals surface area contributed by atoms with Gasteiger partial charge in [-0.15, -0.1) is 0 Å². The number of aromatic nitrogens is 4. The molecule has 2 heterocycles. The Balaban J connectivity index is 2.36. The average molecular weight is 259 g/mol. The molecule has 5 nitrogen and oxygen atoms in total. The van der Waals surface area contributed by atoms with Crippen LogP contribution in [0.4, 0.5) is 5.82 Å². The van der Waals surface area contributed by atoms with Crippen LogP contribution in [0.1, 0.15) is 32.5 Å². The molecule has 5 heteroatoms. The zero-order valence-electron chi connectivity index (χ0n) is 11.8. The van der Waals surface area contributed by atoms with Crippen molar-refractivity contribution in [3.8, 4) is 11.5 Å². The molecule has 2 rings (SSSR count). The van der Waals surface area contributed by atoms with Gasteiger partial charge in [0.1, 0.15) is 17.3 Å². The molecule has 0 atom stereocenters. The molecule has 1 N–H and O–H groups in total. The van der Waals surface area contributed by atoms with Gasteiger partial charge in [0.05, 0.1) is 0 Å². The molecule has 0 aliphatic rings. The minimum atomic E-state index is 0.874. The Morgan fingerprint density at radius 2 is 2.05 bits per heavy atom. The van der Waals surface area contributed by atoms with Crippen LogP contribution in [0.15, 0.2) is 18.5 Å². The lowest BCUT2D eigenvalue weighted by atomic mass is 10.3. The van der Waals surface area contributed by atoms with Crippen molar-refractivity contribution in [2.45, 2.75) is 33.1 Å². The second-order valence-corrected chi connectivity index (χ2v) is 4.59. The van der Waals surface area contributed by atoms with Gasteiger partial charge >= 0.3 is 0 Å². The Labute approximate surface area is 114 Å². The standard InChI is InChI=1S/C14H21N5/c1-4-6-12-17-11(14-16-8-9-19(14)3)10-13(18-12)15-7-5-2/h8-10H,4-7H2,1-3H3,(H,15,17,18). The Morgan fingerprint density at radius 3 is 2.68 bits per heavy atom. The van der Waals surface area contributed by atoms with E-state index in [1.807, 2.05) is 23.9 Å². The van der Waals surface area contributed by atoms with E-state index in [1.54, 1.807) is 6.20 Å². The number of nitrogens with zero attached hydrogens (tertiary/aromatic N) is 4. The maximum Gasteiger partial charge on any atom is 0.158 e. The van der Waals surface area contributed by atoms with Gasteiger partial charge in [-0.25, -0.2) is 15.0 Å². The van der Waals surface area contributed by atoms with Crippen LogP contribution in [0.2, 0.25) is 0 Å². The molecule has 2 aromatic heterocycles. The third-order valence-corrected chi connectivity index (χ3v) is 2.85. The largest absolute Gasteiger partial charge is 0.370 e. The first kappa shape index (κ1) is 13.5. The van der Waals surface area contributed by atoms with Crippen LogP contribution in [0, 0.1) is 0 Å². The zero-order chi connectivity index (χ0) is 13.7. The van der Waals surface area contributed by atoms with Crippen LogP contribution >= 0.6 is 0 Å². The van der Waals surface area contributed by atoms with Gasteiger partial charge in [-0.3, -0.25) is 0 Å². The number of nitrogens with one attached hydrogen (secondary N) is 1. The lowest BCUT2D eigenvalue weighted by molar-refractivity contribution is 0.827. The predicted molar refractivity (Wildman–Crippen MR) is 77.0 cm³/mol. The molecule has 102 valence electrons. The first-order valence-electron chi connectivity index (χ1n) is 6.84. The van der Waals surface area contributed by atoms with E-state index in [4.69, 9.17) is 0 Å². The highest BCUT2D eigenvalue weighted by atomic mass is 15.1. The molecular formula is C14H21N5. The molecule has 0 saturated heterocycles. The van der Waals surface area contributed by atoms with Crippen LogP contribution in [-0.2, 0) is 13.5 Å². The van der Waals surface area contributed by atoms with Gasteiger partial charge in [-0.05, 0) is 12.8 Å². The van der Waals surface area contributed by atoms with Gasteiger partial charge in [0, 0.05) is 38.5 Å². The second-order valence-electron chi connectivity index (χ2n) is 4.59. The van der Waals surface area contributed by atoms with Crippen LogP contribution in [0.5, 0.6) is 0 Å². The smallest absolute Gasteiger partial charge is 0.158 e. The monoisotopic (exact) mass is 259 g/mol. The Kier molecular flexibility index (Phi) is 4.49. The SMILES string of the molecule is CCCNc1cc(-c2nccn2C)nc(CCC)n1. The highest BCUT2D eigenvalue weighted by molar-refractivity contribution is 5.55. The summed E-state index contributed by atoms with van der Waals surface area (Å²) in [6.45, 7) is 5.19. The minimum Gasteiger partial charge on any atom is -0.370 e. The molecule has 0 saturated carbocycles. The lowest BCUT2D eigenvalue weighted by Gasteiger charge is -2.09. The molecule has 0 aliphatic carbocycles. The van der Waals surface area contributed by atoms with Crippen molar-refractivity contribution in [2.75, 3.05) is 11.9 Å². The second kappa shape index (κ2) is 6.31. The van der Waals surface area contributed by atoms with E-state index < -0.39 is 0 Å². The van der Waals surface area contributed by atoms with Gasteiger partial charge in [0.25, 0.3) is 0 Å². The fraction of sp³-hybridized carbons (Fsp3) is 0.500. The number of rotatable bonds is 6. The Morgan fingerprint density at radius 1 is 1.21 bits per heavy atom. The quantitative estimate of drug-likeness (QED) is 0.866. The highest BCUT2D eigenvalue weighted by Crippen LogP contribution is 2.18. The Hall–Kier alpha value is -1.91. The third-order valence-electron chi connectivity index (χ3n) is 2.85. The molecule has 19 heavy (non-hydrogen) atoms. The van der Waals surface area contributed by atoms with Gasteiger partial charge in [0.2, 0.25) is 0 Å². The molecule has 0 unspecified atom stereocenters. The maximum atomic E-state index is 4.60. The molecular weight excluding hydrogens is 238 g/mol. The average Bonchev–Trinajstić information content (AvgIpc) is 2.83. The normalized spacial score (nSPS) is 10.7. The first-order chi connectivity index (χ1) is 9.24. The lowest BCUT2D eigenvalue weighted by Crippen LogP contribution is -2.07. The molecule has 0 aromatic carbocycles. The van der Waals surface area contributed by atoms with Gasteiger partial charge in [-0.1, -0.05) is 13.8 Å². The summed E-state index contributed by atoms with van der Waals surface area (Å²) in [6, 6.07) is 1.97. The maximum absolute atomic E-state index is 4.60. The van der Waals surface area contributed by atoms with Gasteiger partial charge in [0.15, 0.2) is 5.82 Å². The van der Waals surface area contributed by atoms with E-state index in [2.05, 4.69) is 34.1 Å². The molecule has 0 amide bonds. The summed E-state index contributed by atoms with van der Waals surface area (Å²) in [6.07, 6.45) is 6.72. The molecule has 0 spiro atoms. The summed E-state index contributed by atoms with van der Waals surface area (Å²) in [7, 11) is 1.98. The summed E-state index contributed by atoms with van der Waals surface area (Å²) in [5.74, 6) is 2.64. The topological polar surface area (TPSA) is 55.6 Å². The summed E-state index contributed by atoms with van der Waals surface area (Å²) >= 11 is 0. The van der Waals surface area contributed by atoms with E-state index in [9.17, 15) is 0 Å². The molecule has 0 bridgehead atoms. The molecule has 0 aliphatic heterocycles. The third kappa shape index (κ3) is 3.30. The van der Waals surface area contributed by atoms with Crippen molar-refractivity contribution in [3.05, 3.63) is 24.3 Å². The number of anilines is 1. The highest BCUT2D eigenvalue weighted by Gasteiger charge is 2.09. The first-order valence-corrected chi connectivity index (χ1v) is 6.84. The van der Waals surface area contributed by atoms with Crippen molar-refractivity contribution in [1.29, 1.82) is 0 Å². The fourth-order valence-corrected chi connectivity index (χ4v) is 1.90. The molecule has 0 fully saturated rings. The van der Waals surface area contributed by atoms with Crippen LogP contribution < -0.4 is 5.32 Å². The van der Waals surface area contributed by atoms with E-state index >= 15 is 0 Å². The summed E-state index contributed by atoms with van der Waals surface area (Å²) < 4.78 is 1.97. The van der Waals surface area contributed by atoms with E-state index in [1.165, 1.54) is 0 Å². The fourth-order valence-electron chi connectivity index (χ4n) is 1.90. The minimum absolute atomic E-state index is 0.874. The Bertz CT molecular complexity index is 532. The van der Waals surface area contributed by atoms with Gasteiger partial charge < -0.3 is 9.88 Å².